The number of benzene rings is 1. The minimum absolute atomic E-state index is 0.00771. The van der Waals surface area contributed by atoms with E-state index in [4.69, 9.17) is 0 Å². The van der Waals surface area contributed by atoms with Crippen LogP contribution in [-0.4, -0.2) is 60.8 Å². The molecule has 1 aliphatic heterocycles. The van der Waals surface area contributed by atoms with Crippen LogP contribution in [0.3, 0.4) is 0 Å². The maximum atomic E-state index is 12.7. The first-order chi connectivity index (χ1) is 12.3. The molecule has 1 aromatic carbocycles. The molecule has 0 unspecified atom stereocenters. The van der Waals surface area contributed by atoms with Crippen molar-refractivity contribution >= 4 is 21.9 Å². The lowest BCUT2D eigenvalue weighted by molar-refractivity contribution is -0.159. The van der Waals surface area contributed by atoms with Crippen molar-refractivity contribution in [2.75, 3.05) is 26.2 Å². The summed E-state index contributed by atoms with van der Waals surface area (Å²) < 4.78 is 26.9. The van der Waals surface area contributed by atoms with Crippen LogP contribution in [0.2, 0.25) is 0 Å². The summed E-state index contributed by atoms with van der Waals surface area (Å²) in [6.45, 7) is 1.32. The fourth-order valence-electron chi connectivity index (χ4n) is 3.60. The molecular formula is C18H24N2O5S. The van der Waals surface area contributed by atoms with E-state index >= 15 is 0 Å². The molecule has 8 heteroatoms. The quantitative estimate of drug-likeness (QED) is 0.836. The zero-order chi connectivity index (χ0) is 18.8. The summed E-state index contributed by atoms with van der Waals surface area (Å²) in [5.74, 6) is -1.09. The van der Waals surface area contributed by atoms with Crippen molar-refractivity contribution in [2.24, 2.45) is 5.41 Å². The summed E-state index contributed by atoms with van der Waals surface area (Å²) in [4.78, 5) is 25.9. The van der Waals surface area contributed by atoms with Gasteiger partial charge in [0.1, 0.15) is 0 Å². The Morgan fingerprint density at radius 1 is 1.00 bits per heavy atom. The van der Waals surface area contributed by atoms with E-state index in [0.717, 1.165) is 6.42 Å². The van der Waals surface area contributed by atoms with Crippen LogP contribution in [0.4, 0.5) is 0 Å². The minimum Gasteiger partial charge on any atom is -0.481 e. The van der Waals surface area contributed by atoms with E-state index in [1.807, 2.05) is 0 Å². The molecule has 2 aliphatic rings. The van der Waals surface area contributed by atoms with Gasteiger partial charge in [0.05, 0.1) is 10.3 Å². The number of hydrogen-bond acceptors (Lipinski definition) is 4. The Hall–Kier alpha value is -1.93. The topological polar surface area (TPSA) is 95.0 Å². The van der Waals surface area contributed by atoms with Crippen molar-refractivity contribution in [3.05, 3.63) is 30.3 Å². The first-order valence-electron chi connectivity index (χ1n) is 8.92. The summed E-state index contributed by atoms with van der Waals surface area (Å²) in [6, 6.07) is 8.27. The molecule has 1 aliphatic carbocycles. The highest BCUT2D eigenvalue weighted by atomic mass is 32.2. The van der Waals surface area contributed by atoms with Gasteiger partial charge in [0.25, 0.3) is 0 Å². The highest BCUT2D eigenvalue weighted by molar-refractivity contribution is 7.89. The number of carboxylic acids is 1. The largest absolute Gasteiger partial charge is 0.481 e. The second-order valence-corrected chi connectivity index (χ2v) is 9.01. The Bertz CT molecular complexity index is 774. The van der Waals surface area contributed by atoms with Crippen LogP contribution < -0.4 is 0 Å². The third-order valence-corrected chi connectivity index (χ3v) is 7.36. The summed E-state index contributed by atoms with van der Waals surface area (Å²) in [5, 5.41) is 9.40. The van der Waals surface area contributed by atoms with Gasteiger partial charge in [0, 0.05) is 32.6 Å². The highest BCUT2D eigenvalue weighted by Crippen LogP contribution is 2.44. The van der Waals surface area contributed by atoms with Crippen molar-refractivity contribution in [3.63, 3.8) is 0 Å². The van der Waals surface area contributed by atoms with Gasteiger partial charge in [-0.3, -0.25) is 9.59 Å². The number of carboxylic acid groups (broad SMARTS) is 1. The zero-order valence-corrected chi connectivity index (χ0v) is 15.5. The number of hydrogen-bond donors (Lipinski definition) is 1. The van der Waals surface area contributed by atoms with Crippen molar-refractivity contribution in [1.82, 2.24) is 9.21 Å². The summed E-state index contributed by atoms with van der Waals surface area (Å²) >= 11 is 0. The van der Waals surface area contributed by atoms with Gasteiger partial charge in [0.15, 0.2) is 0 Å². The van der Waals surface area contributed by atoms with Crippen molar-refractivity contribution in [3.8, 4) is 0 Å². The van der Waals surface area contributed by atoms with E-state index < -0.39 is 21.4 Å². The Labute approximate surface area is 153 Å². The lowest BCUT2D eigenvalue weighted by Gasteiger charge is -2.38. The van der Waals surface area contributed by atoms with E-state index in [9.17, 15) is 23.1 Å². The van der Waals surface area contributed by atoms with Crippen LogP contribution in [-0.2, 0) is 19.6 Å². The predicted molar refractivity (Wildman–Crippen MR) is 94.9 cm³/mol. The van der Waals surface area contributed by atoms with Crippen molar-refractivity contribution < 1.29 is 23.1 Å². The molecule has 1 saturated carbocycles. The van der Waals surface area contributed by atoms with E-state index in [-0.39, 0.29) is 23.8 Å². The van der Waals surface area contributed by atoms with Crippen LogP contribution in [0.15, 0.2) is 35.2 Å². The first-order valence-corrected chi connectivity index (χ1v) is 10.4. The smallest absolute Gasteiger partial charge is 0.310 e. The lowest BCUT2D eigenvalue weighted by Crippen LogP contribution is -2.44. The molecule has 0 radical (unpaired) electrons. The van der Waals surface area contributed by atoms with Gasteiger partial charge in [-0.25, -0.2) is 8.42 Å². The molecule has 1 amide bonds. The van der Waals surface area contributed by atoms with Crippen LogP contribution >= 0.6 is 0 Å². The number of carbonyl (C=O) groups is 2. The molecule has 1 N–H and O–H groups in total. The summed E-state index contributed by atoms with van der Waals surface area (Å²) in [5.41, 5.74) is -0.917. The lowest BCUT2D eigenvalue weighted by atomic mass is 9.66. The molecule has 1 aromatic rings. The molecule has 2 fully saturated rings. The van der Waals surface area contributed by atoms with Crippen LogP contribution in [0.1, 0.15) is 32.1 Å². The Kier molecular flexibility index (Phi) is 5.34. The standard InChI is InChI=1S/C18H24N2O5S/c21-16(14-18(17(22)23)8-4-9-18)19-10-5-11-20(13-12-19)26(24,25)15-6-2-1-3-7-15/h1-3,6-7H,4-5,8-14H2,(H,22,23). The number of aliphatic carboxylic acids is 1. The predicted octanol–water partition coefficient (Wildman–Crippen LogP) is 1.55. The van der Waals surface area contributed by atoms with Gasteiger partial charge in [-0.15, -0.1) is 0 Å². The van der Waals surface area contributed by atoms with Gasteiger partial charge in [-0.2, -0.15) is 4.31 Å². The zero-order valence-electron chi connectivity index (χ0n) is 14.6. The van der Waals surface area contributed by atoms with E-state index in [1.165, 1.54) is 4.31 Å². The normalized spacial score (nSPS) is 20.8. The summed E-state index contributed by atoms with van der Waals surface area (Å²) in [6.07, 6.45) is 2.46. The third-order valence-electron chi connectivity index (χ3n) is 5.44. The molecule has 0 spiro atoms. The Morgan fingerprint density at radius 3 is 2.27 bits per heavy atom. The average Bonchev–Trinajstić information content (AvgIpc) is 2.85. The fourth-order valence-corrected chi connectivity index (χ4v) is 5.09. The van der Waals surface area contributed by atoms with Gasteiger partial charge in [0.2, 0.25) is 15.9 Å². The van der Waals surface area contributed by atoms with Gasteiger partial charge < -0.3 is 10.0 Å². The Morgan fingerprint density at radius 2 is 1.69 bits per heavy atom. The summed E-state index contributed by atoms with van der Waals surface area (Å²) in [7, 11) is -3.58. The third kappa shape index (κ3) is 3.61. The number of sulfonamides is 1. The molecule has 3 rings (SSSR count). The van der Waals surface area contributed by atoms with E-state index in [2.05, 4.69) is 0 Å². The van der Waals surface area contributed by atoms with Crippen LogP contribution in [0.5, 0.6) is 0 Å². The minimum atomic E-state index is -3.58. The second-order valence-electron chi connectivity index (χ2n) is 7.07. The van der Waals surface area contributed by atoms with Gasteiger partial charge in [-0.05, 0) is 31.4 Å². The molecule has 0 bridgehead atoms. The van der Waals surface area contributed by atoms with Crippen molar-refractivity contribution in [2.45, 2.75) is 37.0 Å². The SMILES string of the molecule is O=C(CC1(C(=O)O)CCC1)N1CCCN(S(=O)(=O)c2ccccc2)CC1. The maximum absolute atomic E-state index is 12.7. The number of amides is 1. The molecule has 1 heterocycles. The van der Waals surface area contributed by atoms with Crippen LogP contribution in [0.25, 0.3) is 0 Å². The molecule has 1 saturated heterocycles. The second kappa shape index (κ2) is 7.36. The van der Waals surface area contributed by atoms with Gasteiger partial charge in [-0.1, -0.05) is 24.6 Å². The Balaban J connectivity index is 1.65. The fraction of sp³-hybridized carbons (Fsp3) is 0.556. The van der Waals surface area contributed by atoms with Gasteiger partial charge >= 0.3 is 5.97 Å². The number of rotatable bonds is 5. The molecule has 0 atom stereocenters. The monoisotopic (exact) mass is 380 g/mol. The van der Waals surface area contributed by atoms with E-state index in [0.29, 0.717) is 38.9 Å². The molecular weight excluding hydrogens is 356 g/mol. The number of nitrogens with zero attached hydrogens (tertiary/aromatic N) is 2. The highest BCUT2D eigenvalue weighted by Gasteiger charge is 2.46. The maximum Gasteiger partial charge on any atom is 0.310 e. The van der Waals surface area contributed by atoms with E-state index in [1.54, 1.807) is 35.2 Å². The average molecular weight is 380 g/mol. The molecule has 7 nitrogen and oxygen atoms in total. The van der Waals surface area contributed by atoms with Crippen LogP contribution in [0, 0.1) is 5.41 Å². The first kappa shape index (κ1) is 18.8. The molecule has 0 aromatic heterocycles. The van der Waals surface area contributed by atoms with Crippen molar-refractivity contribution in [1.29, 1.82) is 0 Å². The number of carbonyl (C=O) groups excluding carboxylic acids is 1. The molecule has 142 valence electrons. The molecule has 26 heavy (non-hydrogen) atoms.